The molecule has 0 fully saturated rings. The van der Waals surface area contributed by atoms with Crippen molar-refractivity contribution in [1.29, 1.82) is 0 Å². The van der Waals surface area contributed by atoms with E-state index in [0.29, 0.717) is 18.0 Å². The zero-order valence-electron chi connectivity index (χ0n) is 10.6. The van der Waals surface area contributed by atoms with Crippen LogP contribution >= 0.6 is 12.2 Å². The van der Waals surface area contributed by atoms with Gasteiger partial charge in [0.1, 0.15) is 5.69 Å². The molecule has 1 amide bonds. The predicted molar refractivity (Wildman–Crippen MR) is 76.6 cm³/mol. The van der Waals surface area contributed by atoms with E-state index in [9.17, 15) is 4.79 Å². The first-order valence-corrected chi connectivity index (χ1v) is 6.13. The summed E-state index contributed by atoms with van der Waals surface area (Å²) in [6.07, 6.45) is 2.20. The topological polar surface area (TPSA) is 85.2 Å². The zero-order chi connectivity index (χ0) is 13.7. The lowest BCUT2D eigenvalue weighted by Crippen LogP contribution is -2.34. The van der Waals surface area contributed by atoms with Gasteiger partial charge in [0.25, 0.3) is 5.91 Å². The molecule has 1 heterocycles. The Hall–Kier alpha value is -1.69. The van der Waals surface area contributed by atoms with Crippen molar-refractivity contribution in [2.75, 3.05) is 11.4 Å². The predicted octanol–water partition coefficient (Wildman–Crippen LogP) is 1.07. The minimum atomic E-state index is -0.532. The molecule has 0 unspecified atom stereocenters. The summed E-state index contributed by atoms with van der Waals surface area (Å²) in [6, 6.07) is 3.79. The summed E-state index contributed by atoms with van der Waals surface area (Å²) in [5.41, 5.74) is 11.9. The lowest BCUT2D eigenvalue weighted by atomic mass is 10.2. The van der Waals surface area contributed by atoms with Crippen LogP contribution in [0.15, 0.2) is 18.3 Å². The Bertz CT molecular complexity index is 447. The molecule has 0 atom stereocenters. The van der Waals surface area contributed by atoms with Crippen LogP contribution in [-0.2, 0) is 0 Å². The van der Waals surface area contributed by atoms with E-state index in [1.165, 1.54) is 0 Å². The number of anilines is 1. The number of carbonyl (C=O) groups is 1. The van der Waals surface area contributed by atoms with Crippen LogP contribution in [0, 0.1) is 0 Å². The van der Waals surface area contributed by atoms with E-state index in [-0.39, 0.29) is 11.7 Å². The van der Waals surface area contributed by atoms with Gasteiger partial charge in [0, 0.05) is 30.9 Å². The maximum absolute atomic E-state index is 11.1. The Balaban J connectivity index is 2.94. The van der Waals surface area contributed by atoms with Gasteiger partial charge in [-0.3, -0.25) is 9.78 Å². The summed E-state index contributed by atoms with van der Waals surface area (Å²) in [4.78, 5) is 17.6. The molecule has 1 rings (SSSR count). The summed E-state index contributed by atoms with van der Waals surface area (Å²) in [6.45, 7) is 4.82. The number of nitrogens with two attached hydrogens (primary N) is 2. The highest BCUT2D eigenvalue weighted by atomic mass is 32.1. The molecule has 5 nitrogen and oxygen atoms in total. The first-order valence-electron chi connectivity index (χ1n) is 5.72. The Morgan fingerprint density at radius 1 is 1.50 bits per heavy atom. The Labute approximate surface area is 112 Å². The van der Waals surface area contributed by atoms with Crippen LogP contribution in [0.4, 0.5) is 5.69 Å². The van der Waals surface area contributed by atoms with Crippen LogP contribution in [0.3, 0.4) is 0 Å². The van der Waals surface area contributed by atoms with E-state index in [1.807, 2.05) is 6.07 Å². The van der Waals surface area contributed by atoms with Gasteiger partial charge in [-0.2, -0.15) is 0 Å². The van der Waals surface area contributed by atoms with Gasteiger partial charge >= 0.3 is 0 Å². The standard InChI is InChI=1S/C12H18N4OS/c1-8(2)16(6-4-11(13)18)9-3-5-15-10(7-9)12(14)17/h3,5,7-8H,4,6H2,1-2H3,(H2,13,18)(H2,14,17). The number of carbonyl (C=O) groups excluding carboxylic acids is 1. The SMILES string of the molecule is CC(C)N(CCC(N)=S)c1ccnc(C(N)=O)c1. The second-order valence-electron chi connectivity index (χ2n) is 4.27. The monoisotopic (exact) mass is 266 g/mol. The molecule has 0 aliphatic rings. The highest BCUT2D eigenvalue weighted by Gasteiger charge is 2.13. The van der Waals surface area contributed by atoms with Crippen LogP contribution in [-0.4, -0.2) is 28.5 Å². The number of primary amides is 1. The average molecular weight is 266 g/mol. The van der Waals surface area contributed by atoms with Crippen LogP contribution in [0.2, 0.25) is 0 Å². The molecule has 18 heavy (non-hydrogen) atoms. The summed E-state index contributed by atoms with van der Waals surface area (Å²) >= 11 is 4.88. The number of amides is 1. The second kappa shape index (κ2) is 6.30. The highest BCUT2D eigenvalue weighted by molar-refractivity contribution is 7.80. The molecule has 0 saturated heterocycles. The van der Waals surface area contributed by atoms with Crippen LogP contribution in [0.1, 0.15) is 30.8 Å². The highest BCUT2D eigenvalue weighted by Crippen LogP contribution is 2.17. The molecular formula is C12H18N4OS. The zero-order valence-corrected chi connectivity index (χ0v) is 11.4. The first kappa shape index (κ1) is 14.4. The molecule has 6 heteroatoms. The third kappa shape index (κ3) is 3.96. The number of thiocarbonyl (C=S) groups is 1. The van der Waals surface area contributed by atoms with Crippen molar-refractivity contribution in [3.8, 4) is 0 Å². The van der Waals surface area contributed by atoms with Gasteiger partial charge in [-0.1, -0.05) is 12.2 Å². The third-order valence-corrected chi connectivity index (χ3v) is 2.75. The van der Waals surface area contributed by atoms with E-state index in [2.05, 4.69) is 23.7 Å². The number of nitrogens with zero attached hydrogens (tertiary/aromatic N) is 2. The minimum Gasteiger partial charge on any atom is -0.393 e. The number of aromatic nitrogens is 1. The number of pyridine rings is 1. The van der Waals surface area contributed by atoms with Crippen LogP contribution in [0.25, 0.3) is 0 Å². The fraction of sp³-hybridized carbons (Fsp3) is 0.417. The van der Waals surface area contributed by atoms with Crippen molar-refractivity contribution in [1.82, 2.24) is 4.98 Å². The number of hydrogen-bond acceptors (Lipinski definition) is 4. The molecular weight excluding hydrogens is 248 g/mol. The van der Waals surface area contributed by atoms with Crippen LogP contribution in [0.5, 0.6) is 0 Å². The fourth-order valence-electron chi connectivity index (χ4n) is 1.65. The lowest BCUT2D eigenvalue weighted by molar-refractivity contribution is 0.0995. The van der Waals surface area contributed by atoms with Crippen molar-refractivity contribution in [3.05, 3.63) is 24.0 Å². The van der Waals surface area contributed by atoms with Crippen molar-refractivity contribution in [2.24, 2.45) is 11.5 Å². The molecule has 1 aromatic rings. The Morgan fingerprint density at radius 2 is 2.17 bits per heavy atom. The lowest BCUT2D eigenvalue weighted by Gasteiger charge is -2.29. The number of hydrogen-bond donors (Lipinski definition) is 2. The Morgan fingerprint density at radius 3 is 2.67 bits per heavy atom. The van der Waals surface area contributed by atoms with Gasteiger partial charge < -0.3 is 16.4 Å². The maximum Gasteiger partial charge on any atom is 0.267 e. The smallest absolute Gasteiger partial charge is 0.267 e. The molecule has 0 radical (unpaired) electrons. The maximum atomic E-state index is 11.1. The van der Waals surface area contributed by atoms with Gasteiger partial charge in [-0.05, 0) is 26.0 Å². The largest absolute Gasteiger partial charge is 0.393 e. The molecule has 0 aliphatic heterocycles. The molecule has 1 aromatic heterocycles. The van der Waals surface area contributed by atoms with Crippen molar-refractivity contribution >= 4 is 28.8 Å². The van der Waals surface area contributed by atoms with Gasteiger partial charge in [-0.25, -0.2) is 0 Å². The molecule has 98 valence electrons. The Kier molecular flexibility index (Phi) is 5.03. The summed E-state index contributed by atoms with van der Waals surface area (Å²) < 4.78 is 0. The van der Waals surface area contributed by atoms with E-state index >= 15 is 0 Å². The molecule has 4 N–H and O–H groups in total. The summed E-state index contributed by atoms with van der Waals surface area (Å²) in [5, 5.41) is 0. The molecule has 0 aliphatic carbocycles. The minimum absolute atomic E-state index is 0.258. The summed E-state index contributed by atoms with van der Waals surface area (Å²) in [5.74, 6) is -0.532. The average Bonchev–Trinajstić information content (AvgIpc) is 2.28. The van der Waals surface area contributed by atoms with E-state index in [0.717, 1.165) is 5.69 Å². The molecule has 0 spiro atoms. The molecule has 0 saturated carbocycles. The molecule has 0 bridgehead atoms. The van der Waals surface area contributed by atoms with Crippen molar-refractivity contribution in [3.63, 3.8) is 0 Å². The van der Waals surface area contributed by atoms with Crippen molar-refractivity contribution < 1.29 is 4.79 Å². The van der Waals surface area contributed by atoms with Gasteiger partial charge in [-0.15, -0.1) is 0 Å². The fourth-order valence-corrected chi connectivity index (χ4v) is 1.74. The third-order valence-electron chi connectivity index (χ3n) is 2.55. The van der Waals surface area contributed by atoms with E-state index in [4.69, 9.17) is 23.7 Å². The van der Waals surface area contributed by atoms with Gasteiger partial charge in [0.05, 0.1) is 4.99 Å². The summed E-state index contributed by atoms with van der Waals surface area (Å²) in [7, 11) is 0. The second-order valence-corrected chi connectivity index (χ2v) is 4.79. The van der Waals surface area contributed by atoms with Crippen LogP contribution < -0.4 is 16.4 Å². The van der Waals surface area contributed by atoms with E-state index < -0.39 is 5.91 Å². The normalized spacial score (nSPS) is 10.4. The first-order chi connectivity index (χ1) is 8.41. The van der Waals surface area contributed by atoms with Gasteiger partial charge in [0.15, 0.2) is 0 Å². The van der Waals surface area contributed by atoms with E-state index in [1.54, 1.807) is 12.3 Å². The van der Waals surface area contributed by atoms with Crippen molar-refractivity contribution in [2.45, 2.75) is 26.3 Å². The molecule has 0 aromatic carbocycles. The van der Waals surface area contributed by atoms with Gasteiger partial charge in [0.2, 0.25) is 0 Å². The number of rotatable bonds is 6. The quantitative estimate of drug-likeness (QED) is 0.752.